The minimum absolute atomic E-state index is 0.160. The van der Waals surface area contributed by atoms with Crippen LogP contribution in [0.25, 0.3) is 0 Å². The predicted octanol–water partition coefficient (Wildman–Crippen LogP) is 1.63. The van der Waals surface area contributed by atoms with Crippen molar-refractivity contribution in [2.75, 3.05) is 6.54 Å². The van der Waals surface area contributed by atoms with Crippen molar-refractivity contribution in [3.05, 3.63) is 46.9 Å². The molecule has 1 aromatic heterocycles. The molecule has 2 rings (SSSR count). The van der Waals surface area contributed by atoms with Gasteiger partial charge in [-0.3, -0.25) is 4.79 Å². The van der Waals surface area contributed by atoms with E-state index in [2.05, 4.69) is 15.0 Å². The van der Waals surface area contributed by atoms with E-state index in [-0.39, 0.29) is 23.4 Å². The molecule has 8 heteroatoms. The van der Waals surface area contributed by atoms with Gasteiger partial charge >= 0.3 is 0 Å². The summed E-state index contributed by atoms with van der Waals surface area (Å²) in [5.41, 5.74) is 1.97. The van der Waals surface area contributed by atoms with Crippen molar-refractivity contribution in [1.29, 1.82) is 0 Å². The normalized spacial score (nSPS) is 12.8. The van der Waals surface area contributed by atoms with E-state index in [1.165, 1.54) is 23.5 Å². The quantitative estimate of drug-likeness (QED) is 0.802. The second-order valence-electron chi connectivity index (χ2n) is 4.75. The monoisotopic (exact) mass is 339 g/mol. The van der Waals surface area contributed by atoms with Gasteiger partial charge in [0.1, 0.15) is 5.69 Å². The maximum atomic E-state index is 12.0. The van der Waals surface area contributed by atoms with E-state index in [1.807, 2.05) is 6.92 Å². The highest BCUT2D eigenvalue weighted by Crippen LogP contribution is 2.07. The first-order chi connectivity index (χ1) is 10.5. The van der Waals surface area contributed by atoms with E-state index in [1.54, 1.807) is 29.1 Å². The van der Waals surface area contributed by atoms with Crippen molar-refractivity contribution in [1.82, 2.24) is 15.0 Å². The summed E-state index contributed by atoms with van der Waals surface area (Å²) in [6, 6.07) is 8.02. The molecule has 0 unspecified atom stereocenters. The average molecular weight is 339 g/mol. The number of aromatic nitrogens is 1. The second-order valence-corrected chi connectivity index (χ2v) is 7.23. The first-order valence-electron chi connectivity index (χ1n) is 6.73. The Morgan fingerprint density at radius 1 is 1.32 bits per heavy atom. The Kier molecular flexibility index (Phi) is 5.64. The molecule has 0 saturated heterocycles. The summed E-state index contributed by atoms with van der Waals surface area (Å²) in [6.45, 7) is 2.07. The van der Waals surface area contributed by atoms with Gasteiger partial charge in [-0.2, -0.15) is 0 Å². The fraction of sp³-hybridized carbons (Fsp3) is 0.286. The molecule has 0 fully saturated rings. The van der Waals surface area contributed by atoms with Crippen LogP contribution in [0.5, 0.6) is 0 Å². The third-order valence-electron chi connectivity index (χ3n) is 2.97. The van der Waals surface area contributed by atoms with Crippen molar-refractivity contribution in [3.63, 3.8) is 0 Å². The molecule has 0 radical (unpaired) electrons. The Morgan fingerprint density at radius 3 is 2.68 bits per heavy atom. The van der Waals surface area contributed by atoms with Gasteiger partial charge < -0.3 is 5.32 Å². The van der Waals surface area contributed by atoms with Crippen LogP contribution >= 0.6 is 11.3 Å². The number of carbonyl (C=O) groups excluding carboxylic acids is 1. The van der Waals surface area contributed by atoms with Crippen molar-refractivity contribution in [3.8, 4) is 0 Å². The Morgan fingerprint density at radius 2 is 2.05 bits per heavy atom. The van der Waals surface area contributed by atoms with Crippen LogP contribution in [0, 0.1) is 0 Å². The molecule has 0 aliphatic heterocycles. The number of rotatable bonds is 7. The Bertz CT molecular complexity index is 700. The number of carbonyl (C=O) groups is 1. The maximum Gasteiger partial charge on any atom is 0.270 e. The molecule has 0 bridgehead atoms. The number of nitrogens with one attached hydrogen (secondary N) is 2. The van der Waals surface area contributed by atoms with Gasteiger partial charge in [-0.1, -0.05) is 18.2 Å². The molecule has 1 aromatic carbocycles. The molecule has 2 N–H and O–H groups in total. The van der Waals surface area contributed by atoms with Gasteiger partial charge in [0.15, 0.2) is 0 Å². The number of amides is 1. The van der Waals surface area contributed by atoms with Crippen molar-refractivity contribution in [2.24, 2.45) is 0 Å². The van der Waals surface area contributed by atoms with Crippen molar-refractivity contribution < 1.29 is 13.2 Å². The fourth-order valence-electron chi connectivity index (χ4n) is 1.79. The van der Waals surface area contributed by atoms with Crippen molar-refractivity contribution >= 4 is 27.3 Å². The van der Waals surface area contributed by atoms with Crippen LogP contribution in [0.15, 0.2) is 46.1 Å². The Labute approximate surface area is 133 Å². The topological polar surface area (TPSA) is 88.2 Å². The molecular formula is C14H17N3O3S2. The van der Waals surface area contributed by atoms with Crippen LogP contribution in [0.3, 0.4) is 0 Å². The summed E-state index contributed by atoms with van der Waals surface area (Å²) in [5, 5.41) is 4.45. The van der Waals surface area contributed by atoms with Crippen LogP contribution in [0.1, 0.15) is 23.8 Å². The molecule has 22 heavy (non-hydrogen) atoms. The van der Waals surface area contributed by atoms with Crippen LogP contribution in [0.4, 0.5) is 0 Å². The van der Waals surface area contributed by atoms with Gasteiger partial charge in [-0.05, 0) is 25.5 Å². The number of nitrogens with zero attached hydrogens (tertiary/aromatic N) is 1. The molecular weight excluding hydrogens is 322 g/mol. The van der Waals surface area contributed by atoms with Gasteiger partial charge in [0.05, 0.1) is 10.4 Å². The smallest absolute Gasteiger partial charge is 0.270 e. The molecule has 118 valence electrons. The van der Waals surface area contributed by atoms with Gasteiger partial charge in [-0.15, -0.1) is 11.3 Å². The lowest BCUT2D eigenvalue weighted by molar-refractivity contribution is 0.0934. The van der Waals surface area contributed by atoms with E-state index >= 15 is 0 Å². The maximum absolute atomic E-state index is 12.0. The fourth-order valence-corrected chi connectivity index (χ4v) is 3.39. The lowest BCUT2D eigenvalue weighted by Gasteiger charge is -2.13. The van der Waals surface area contributed by atoms with Crippen LogP contribution in [-0.2, 0) is 10.0 Å². The van der Waals surface area contributed by atoms with Gasteiger partial charge in [0.25, 0.3) is 5.91 Å². The number of sulfonamides is 1. The van der Waals surface area contributed by atoms with Gasteiger partial charge in [-0.25, -0.2) is 18.1 Å². The minimum Gasteiger partial charge on any atom is -0.348 e. The summed E-state index contributed by atoms with van der Waals surface area (Å²) in [4.78, 5) is 15.9. The highest BCUT2D eigenvalue weighted by Gasteiger charge is 2.15. The van der Waals surface area contributed by atoms with Crippen LogP contribution < -0.4 is 10.0 Å². The minimum atomic E-state index is -3.50. The average Bonchev–Trinajstić information content (AvgIpc) is 3.02. The molecule has 1 atom stereocenters. The van der Waals surface area contributed by atoms with E-state index in [9.17, 15) is 13.2 Å². The SMILES string of the molecule is C[C@H](CCNS(=O)(=O)c1ccccc1)NC(=O)c1cscn1. The van der Waals surface area contributed by atoms with Crippen LogP contribution in [0.2, 0.25) is 0 Å². The number of hydrogen-bond acceptors (Lipinski definition) is 5. The second kappa shape index (κ2) is 7.48. The highest BCUT2D eigenvalue weighted by molar-refractivity contribution is 7.89. The zero-order valence-electron chi connectivity index (χ0n) is 12.0. The third-order valence-corrected chi connectivity index (χ3v) is 5.03. The molecule has 1 amide bonds. The van der Waals surface area contributed by atoms with Crippen LogP contribution in [-0.4, -0.2) is 31.9 Å². The molecule has 0 aliphatic rings. The number of hydrogen-bond donors (Lipinski definition) is 2. The lowest BCUT2D eigenvalue weighted by Crippen LogP contribution is -2.36. The Hall–Kier alpha value is -1.77. The van der Waals surface area contributed by atoms with E-state index in [4.69, 9.17) is 0 Å². The molecule has 0 saturated carbocycles. The molecule has 2 aromatic rings. The number of benzene rings is 1. The van der Waals surface area contributed by atoms with E-state index in [0.29, 0.717) is 12.1 Å². The third kappa shape index (κ3) is 4.62. The largest absolute Gasteiger partial charge is 0.348 e. The van der Waals surface area contributed by atoms with E-state index < -0.39 is 10.0 Å². The summed E-state index contributed by atoms with van der Waals surface area (Å²) in [6.07, 6.45) is 0.488. The molecule has 1 heterocycles. The molecule has 0 spiro atoms. The zero-order chi connectivity index (χ0) is 16.0. The van der Waals surface area contributed by atoms with Crippen molar-refractivity contribution in [2.45, 2.75) is 24.3 Å². The highest BCUT2D eigenvalue weighted by atomic mass is 32.2. The lowest BCUT2D eigenvalue weighted by atomic mass is 10.2. The predicted molar refractivity (Wildman–Crippen MR) is 85.3 cm³/mol. The Balaban J connectivity index is 1.80. The van der Waals surface area contributed by atoms with Gasteiger partial charge in [0.2, 0.25) is 10.0 Å². The van der Waals surface area contributed by atoms with Gasteiger partial charge in [0, 0.05) is 18.0 Å². The summed E-state index contributed by atoms with van der Waals surface area (Å²) in [7, 11) is -3.50. The standard InChI is InChI=1S/C14H17N3O3S2/c1-11(17-14(18)13-9-21-10-15-13)7-8-16-22(19,20)12-5-3-2-4-6-12/h2-6,9-11,16H,7-8H2,1H3,(H,17,18)/t11-/m1/s1. The zero-order valence-corrected chi connectivity index (χ0v) is 13.7. The first kappa shape index (κ1) is 16.6. The number of thiazole rings is 1. The summed E-state index contributed by atoms with van der Waals surface area (Å²) < 4.78 is 26.6. The molecule has 6 nitrogen and oxygen atoms in total. The van der Waals surface area contributed by atoms with E-state index in [0.717, 1.165) is 0 Å². The summed E-state index contributed by atoms with van der Waals surface area (Å²) in [5.74, 6) is -0.250. The first-order valence-corrected chi connectivity index (χ1v) is 9.15. The summed E-state index contributed by atoms with van der Waals surface area (Å²) >= 11 is 1.35. The molecule has 0 aliphatic carbocycles.